The predicted molar refractivity (Wildman–Crippen MR) is 79.0 cm³/mol. The number of aromatic nitrogens is 1. The van der Waals surface area contributed by atoms with Crippen molar-refractivity contribution in [3.05, 3.63) is 65.5 Å². The maximum atomic E-state index is 11.7. The number of hydrogen-bond donors (Lipinski definition) is 2. The average molecular weight is 269 g/mol. The van der Waals surface area contributed by atoms with Crippen molar-refractivity contribution in [2.45, 2.75) is 20.0 Å². The number of carbonyl (C=O) groups excluding carboxylic acids is 1. The normalized spacial score (nSPS) is 10.2. The van der Waals surface area contributed by atoms with Crippen LogP contribution in [0.1, 0.15) is 16.7 Å². The van der Waals surface area contributed by atoms with Crippen LogP contribution in [0.2, 0.25) is 0 Å². The minimum absolute atomic E-state index is 0.000521. The van der Waals surface area contributed by atoms with Gasteiger partial charge in [0.2, 0.25) is 5.91 Å². The Morgan fingerprint density at radius 2 is 1.95 bits per heavy atom. The molecule has 1 amide bonds. The predicted octanol–water partition coefficient (Wildman–Crippen LogP) is 1.80. The molecule has 1 aromatic carbocycles. The minimum Gasteiger partial charge on any atom is -0.351 e. The van der Waals surface area contributed by atoms with E-state index in [-0.39, 0.29) is 5.91 Å². The molecule has 0 aliphatic carbocycles. The van der Waals surface area contributed by atoms with E-state index in [1.54, 1.807) is 6.20 Å². The second-order valence-corrected chi connectivity index (χ2v) is 4.67. The molecule has 0 spiro atoms. The second-order valence-electron chi connectivity index (χ2n) is 4.67. The SMILES string of the molecule is Cc1cnccc1CNCC(=O)NCc1ccccc1. The Bertz CT molecular complexity index is 555. The number of pyridine rings is 1. The highest BCUT2D eigenvalue weighted by Crippen LogP contribution is 2.03. The maximum Gasteiger partial charge on any atom is 0.234 e. The van der Waals surface area contributed by atoms with Gasteiger partial charge < -0.3 is 10.6 Å². The topological polar surface area (TPSA) is 54.0 Å². The fourth-order valence-electron chi connectivity index (χ4n) is 1.87. The molecule has 1 aromatic heterocycles. The Balaban J connectivity index is 1.69. The van der Waals surface area contributed by atoms with E-state index in [9.17, 15) is 4.79 Å². The summed E-state index contributed by atoms with van der Waals surface area (Å²) in [6.45, 7) is 3.57. The zero-order chi connectivity index (χ0) is 14.2. The van der Waals surface area contributed by atoms with Gasteiger partial charge in [-0.2, -0.15) is 0 Å². The first kappa shape index (κ1) is 14.2. The van der Waals surface area contributed by atoms with Gasteiger partial charge in [0.25, 0.3) is 0 Å². The van der Waals surface area contributed by atoms with Gasteiger partial charge >= 0.3 is 0 Å². The third-order valence-electron chi connectivity index (χ3n) is 3.07. The van der Waals surface area contributed by atoms with Gasteiger partial charge in [-0.25, -0.2) is 0 Å². The van der Waals surface area contributed by atoms with E-state index in [1.807, 2.05) is 49.5 Å². The van der Waals surface area contributed by atoms with Crippen molar-refractivity contribution in [1.29, 1.82) is 0 Å². The highest BCUT2D eigenvalue weighted by Gasteiger charge is 2.02. The highest BCUT2D eigenvalue weighted by atomic mass is 16.1. The van der Waals surface area contributed by atoms with Crippen LogP contribution in [0.4, 0.5) is 0 Å². The van der Waals surface area contributed by atoms with Gasteiger partial charge in [0, 0.05) is 25.5 Å². The van der Waals surface area contributed by atoms with Gasteiger partial charge in [-0.05, 0) is 29.7 Å². The molecule has 20 heavy (non-hydrogen) atoms. The highest BCUT2D eigenvalue weighted by molar-refractivity contribution is 5.77. The van der Waals surface area contributed by atoms with Crippen LogP contribution in [0.3, 0.4) is 0 Å². The summed E-state index contributed by atoms with van der Waals surface area (Å²) in [6.07, 6.45) is 3.59. The van der Waals surface area contributed by atoms with E-state index in [1.165, 1.54) is 0 Å². The Labute approximate surface area is 119 Å². The summed E-state index contributed by atoms with van der Waals surface area (Å²) in [7, 11) is 0. The van der Waals surface area contributed by atoms with Crippen LogP contribution in [0.15, 0.2) is 48.8 Å². The number of benzene rings is 1. The summed E-state index contributed by atoms with van der Waals surface area (Å²) in [6, 6.07) is 11.8. The van der Waals surface area contributed by atoms with Crippen molar-refractivity contribution < 1.29 is 4.79 Å². The largest absolute Gasteiger partial charge is 0.351 e. The molecule has 2 rings (SSSR count). The number of aryl methyl sites for hydroxylation is 1. The molecule has 1 heterocycles. The zero-order valence-corrected chi connectivity index (χ0v) is 11.6. The van der Waals surface area contributed by atoms with Gasteiger partial charge in [0.05, 0.1) is 6.54 Å². The van der Waals surface area contributed by atoms with Gasteiger partial charge in [-0.1, -0.05) is 30.3 Å². The molecule has 0 aliphatic heterocycles. The molecule has 0 saturated carbocycles. The molecule has 4 heteroatoms. The number of rotatable bonds is 6. The maximum absolute atomic E-state index is 11.7. The Morgan fingerprint density at radius 1 is 1.15 bits per heavy atom. The molecule has 0 atom stereocenters. The van der Waals surface area contributed by atoms with Crippen LogP contribution in [-0.4, -0.2) is 17.4 Å². The Kier molecular flexibility index (Phi) is 5.26. The van der Waals surface area contributed by atoms with E-state index in [4.69, 9.17) is 0 Å². The standard InChI is InChI=1S/C16H19N3O/c1-13-9-17-8-7-15(13)11-18-12-16(20)19-10-14-5-3-2-4-6-14/h2-9,18H,10-12H2,1H3,(H,19,20). The van der Waals surface area contributed by atoms with Crippen molar-refractivity contribution in [1.82, 2.24) is 15.6 Å². The summed E-state index contributed by atoms with van der Waals surface area (Å²) in [5, 5.41) is 6.02. The quantitative estimate of drug-likeness (QED) is 0.840. The number of nitrogens with zero attached hydrogens (tertiary/aromatic N) is 1. The van der Waals surface area contributed by atoms with E-state index < -0.39 is 0 Å². The van der Waals surface area contributed by atoms with Crippen molar-refractivity contribution >= 4 is 5.91 Å². The lowest BCUT2D eigenvalue weighted by atomic mass is 10.1. The Hall–Kier alpha value is -2.20. The number of carbonyl (C=O) groups is 1. The van der Waals surface area contributed by atoms with Crippen LogP contribution in [0.25, 0.3) is 0 Å². The monoisotopic (exact) mass is 269 g/mol. The molecule has 0 bridgehead atoms. The first-order valence-corrected chi connectivity index (χ1v) is 6.66. The van der Waals surface area contributed by atoms with Crippen LogP contribution in [0.5, 0.6) is 0 Å². The van der Waals surface area contributed by atoms with Gasteiger partial charge in [-0.3, -0.25) is 9.78 Å². The van der Waals surface area contributed by atoms with E-state index in [0.29, 0.717) is 19.6 Å². The molecule has 0 fully saturated rings. The van der Waals surface area contributed by atoms with Crippen LogP contribution >= 0.6 is 0 Å². The third kappa shape index (κ3) is 4.48. The van der Waals surface area contributed by atoms with Gasteiger partial charge in [-0.15, -0.1) is 0 Å². The molecular weight excluding hydrogens is 250 g/mol. The molecule has 0 radical (unpaired) electrons. The number of nitrogens with one attached hydrogen (secondary N) is 2. The van der Waals surface area contributed by atoms with E-state index in [0.717, 1.165) is 16.7 Å². The van der Waals surface area contributed by atoms with Crippen molar-refractivity contribution in [3.63, 3.8) is 0 Å². The lowest BCUT2D eigenvalue weighted by Gasteiger charge is -2.08. The molecule has 2 aromatic rings. The van der Waals surface area contributed by atoms with Crippen LogP contribution < -0.4 is 10.6 Å². The van der Waals surface area contributed by atoms with Crippen molar-refractivity contribution in [2.75, 3.05) is 6.54 Å². The number of hydrogen-bond acceptors (Lipinski definition) is 3. The number of amides is 1. The minimum atomic E-state index is 0.000521. The fraction of sp³-hybridized carbons (Fsp3) is 0.250. The lowest BCUT2D eigenvalue weighted by Crippen LogP contribution is -2.33. The summed E-state index contributed by atoms with van der Waals surface area (Å²) in [4.78, 5) is 15.7. The third-order valence-corrected chi connectivity index (χ3v) is 3.07. The lowest BCUT2D eigenvalue weighted by molar-refractivity contribution is -0.120. The molecular formula is C16H19N3O. The first-order chi connectivity index (χ1) is 9.75. The van der Waals surface area contributed by atoms with E-state index >= 15 is 0 Å². The zero-order valence-electron chi connectivity index (χ0n) is 11.6. The molecule has 4 nitrogen and oxygen atoms in total. The van der Waals surface area contributed by atoms with Crippen molar-refractivity contribution in [2.24, 2.45) is 0 Å². The Morgan fingerprint density at radius 3 is 2.70 bits per heavy atom. The smallest absolute Gasteiger partial charge is 0.234 e. The summed E-state index contributed by atoms with van der Waals surface area (Å²) in [5.74, 6) is 0.000521. The van der Waals surface area contributed by atoms with Crippen LogP contribution in [0, 0.1) is 6.92 Å². The second kappa shape index (κ2) is 7.40. The molecule has 0 aliphatic rings. The van der Waals surface area contributed by atoms with Gasteiger partial charge in [0.15, 0.2) is 0 Å². The first-order valence-electron chi connectivity index (χ1n) is 6.66. The summed E-state index contributed by atoms with van der Waals surface area (Å²) >= 11 is 0. The molecule has 0 saturated heterocycles. The molecule has 0 unspecified atom stereocenters. The summed E-state index contributed by atoms with van der Waals surface area (Å²) < 4.78 is 0. The van der Waals surface area contributed by atoms with Crippen molar-refractivity contribution in [3.8, 4) is 0 Å². The van der Waals surface area contributed by atoms with Crippen LogP contribution in [-0.2, 0) is 17.9 Å². The van der Waals surface area contributed by atoms with E-state index in [2.05, 4.69) is 15.6 Å². The fourth-order valence-corrected chi connectivity index (χ4v) is 1.87. The van der Waals surface area contributed by atoms with Gasteiger partial charge in [0.1, 0.15) is 0 Å². The molecule has 2 N–H and O–H groups in total. The molecule has 104 valence electrons. The summed E-state index contributed by atoms with van der Waals surface area (Å²) in [5.41, 5.74) is 3.39. The average Bonchev–Trinajstić information content (AvgIpc) is 2.48.